The lowest BCUT2D eigenvalue weighted by molar-refractivity contribution is -0.147. The third kappa shape index (κ3) is 2.69. The summed E-state index contributed by atoms with van der Waals surface area (Å²) in [5.41, 5.74) is 0. The van der Waals surface area contributed by atoms with Crippen LogP contribution in [0.25, 0.3) is 0 Å². The molecule has 1 aliphatic carbocycles. The van der Waals surface area contributed by atoms with Gasteiger partial charge < -0.3 is 4.74 Å². The number of ether oxygens (including phenoxy) is 1. The van der Waals surface area contributed by atoms with Crippen molar-refractivity contribution in [2.24, 2.45) is 17.8 Å². The molecule has 1 aliphatic rings. The molecule has 0 bridgehead atoms. The number of hydrogen-bond acceptors (Lipinski definition) is 2. The molecule has 2 nitrogen and oxygen atoms in total. The number of alkyl halides is 1. The summed E-state index contributed by atoms with van der Waals surface area (Å²) in [5.74, 6) is 0.564. The molecule has 0 aromatic rings. The Morgan fingerprint density at radius 3 is 2.43 bits per heavy atom. The summed E-state index contributed by atoms with van der Waals surface area (Å²) in [6.45, 7) is 1.71. The second kappa shape index (κ2) is 5.32. The lowest BCUT2D eigenvalue weighted by atomic mass is 9.77. The van der Waals surface area contributed by atoms with E-state index in [0.29, 0.717) is 5.92 Å². The van der Waals surface area contributed by atoms with E-state index in [1.807, 2.05) is 6.92 Å². The predicted octanol–water partition coefficient (Wildman–Crippen LogP) is 2.57. The van der Waals surface area contributed by atoms with Crippen LogP contribution in [0.15, 0.2) is 0 Å². The number of carbonyl (C=O) groups excluding carboxylic acids is 1. The van der Waals surface area contributed by atoms with Gasteiger partial charge in [0.05, 0.1) is 19.7 Å². The van der Waals surface area contributed by atoms with E-state index in [9.17, 15) is 9.18 Å². The van der Waals surface area contributed by atoms with Crippen molar-refractivity contribution in [3.63, 3.8) is 0 Å². The van der Waals surface area contributed by atoms with E-state index >= 15 is 0 Å². The molecule has 1 unspecified atom stereocenters. The first-order valence-corrected chi connectivity index (χ1v) is 5.32. The molecule has 0 amide bonds. The van der Waals surface area contributed by atoms with Crippen molar-refractivity contribution in [1.29, 1.82) is 0 Å². The van der Waals surface area contributed by atoms with Crippen molar-refractivity contribution in [2.75, 3.05) is 13.8 Å². The van der Waals surface area contributed by atoms with E-state index < -0.39 is 0 Å². The lowest BCUT2D eigenvalue weighted by Gasteiger charge is -2.29. The van der Waals surface area contributed by atoms with Crippen molar-refractivity contribution >= 4 is 5.97 Å². The van der Waals surface area contributed by atoms with Gasteiger partial charge in [-0.3, -0.25) is 9.18 Å². The molecule has 0 aromatic heterocycles. The van der Waals surface area contributed by atoms with Gasteiger partial charge >= 0.3 is 5.97 Å². The topological polar surface area (TPSA) is 26.3 Å². The van der Waals surface area contributed by atoms with Crippen LogP contribution >= 0.6 is 0 Å². The van der Waals surface area contributed by atoms with Gasteiger partial charge in [0.15, 0.2) is 0 Å². The minimum atomic E-state index is -0.243. The Labute approximate surface area is 84.8 Å². The van der Waals surface area contributed by atoms with Gasteiger partial charge in [-0.1, -0.05) is 6.92 Å². The Balaban J connectivity index is 2.34. The minimum Gasteiger partial charge on any atom is -0.469 e. The molecule has 3 heteroatoms. The van der Waals surface area contributed by atoms with E-state index in [4.69, 9.17) is 4.74 Å². The number of esters is 1. The number of methoxy groups -OCH3 is 1. The van der Waals surface area contributed by atoms with Crippen LogP contribution in [0.4, 0.5) is 4.39 Å². The van der Waals surface area contributed by atoms with Gasteiger partial charge in [-0.15, -0.1) is 0 Å². The molecule has 82 valence electrons. The van der Waals surface area contributed by atoms with Crippen molar-refractivity contribution in [3.8, 4) is 0 Å². The van der Waals surface area contributed by atoms with Gasteiger partial charge in [0.2, 0.25) is 0 Å². The van der Waals surface area contributed by atoms with E-state index in [1.165, 1.54) is 7.11 Å². The number of rotatable bonds is 3. The van der Waals surface area contributed by atoms with Crippen LogP contribution in [0.1, 0.15) is 32.6 Å². The van der Waals surface area contributed by atoms with Crippen LogP contribution in [-0.4, -0.2) is 19.8 Å². The SMILES string of the molecule is COC(=O)C1CCC(C(C)CF)CC1. The third-order valence-corrected chi connectivity index (χ3v) is 3.35. The molecule has 0 radical (unpaired) electrons. The predicted molar refractivity (Wildman–Crippen MR) is 52.6 cm³/mol. The second-order valence-corrected chi connectivity index (χ2v) is 4.27. The van der Waals surface area contributed by atoms with Crippen LogP contribution in [0.2, 0.25) is 0 Å². The Morgan fingerprint density at radius 2 is 2.00 bits per heavy atom. The molecule has 1 fully saturated rings. The molecule has 0 aliphatic heterocycles. The van der Waals surface area contributed by atoms with Crippen LogP contribution in [-0.2, 0) is 9.53 Å². The van der Waals surface area contributed by atoms with E-state index in [2.05, 4.69) is 0 Å². The molecule has 0 aromatic carbocycles. The van der Waals surface area contributed by atoms with Crippen LogP contribution in [0.5, 0.6) is 0 Å². The highest BCUT2D eigenvalue weighted by molar-refractivity contribution is 5.72. The first-order valence-electron chi connectivity index (χ1n) is 5.32. The largest absolute Gasteiger partial charge is 0.469 e. The quantitative estimate of drug-likeness (QED) is 0.657. The average molecular weight is 202 g/mol. The summed E-state index contributed by atoms with van der Waals surface area (Å²) in [7, 11) is 1.43. The van der Waals surface area contributed by atoms with Gasteiger partial charge in [-0.25, -0.2) is 0 Å². The monoisotopic (exact) mass is 202 g/mol. The van der Waals surface area contributed by atoms with Crippen molar-refractivity contribution in [3.05, 3.63) is 0 Å². The highest BCUT2D eigenvalue weighted by atomic mass is 19.1. The maximum absolute atomic E-state index is 12.4. The van der Waals surface area contributed by atoms with Gasteiger partial charge in [0.25, 0.3) is 0 Å². The Bertz CT molecular complexity index is 186. The molecule has 1 saturated carbocycles. The lowest BCUT2D eigenvalue weighted by Crippen LogP contribution is -2.26. The van der Waals surface area contributed by atoms with Crippen molar-refractivity contribution < 1.29 is 13.9 Å². The molecule has 1 atom stereocenters. The molecule has 14 heavy (non-hydrogen) atoms. The zero-order valence-corrected chi connectivity index (χ0v) is 8.96. The summed E-state index contributed by atoms with van der Waals surface area (Å²) in [4.78, 5) is 11.2. The molecular weight excluding hydrogens is 183 g/mol. The first-order chi connectivity index (χ1) is 6.69. The summed E-state index contributed by atoms with van der Waals surface area (Å²) < 4.78 is 17.1. The number of carbonyl (C=O) groups is 1. The van der Waals surface area contributed by atoms with Crippen LogP contribution < -0.4 is 0 Å². The van der Waals surface area contributed by atoms with Gasteiger partial charge in [-0.2, -0.15) is 0 Å². The highest BCUT2D eigenvalue weighted by Gasteiger charge is 2.29. The van der Waals surface area contributed by atoms with Crippen LogP contribution in [0.3, 0.4) is 0 Å². The van der Waals surface area contributed by atoms with Gasteiger partial charge in [0, 0.05) is 0 Å². The smallest absolute Gasteiger partial charge is 0.308 e. The van der Waals surface area contributed by atoms with Gasteiger partial charge in [-0.05, 0) is 37.5 Å². The summed E-state index contributed by atoms with van der Waals surface area (Å²) in [6, 6.07) is 0. The average Bonchev–Trinajstić information content (AvgIpc) is 2.27. The fourth-order valence-electron chi connectivity index (χ4n) is 2.22. The van der Waals surface area contributed by atoms with Crippen LogP contribution in [0, 0.1) is 17.8 Å². The third-order valence-electron chi connectivity index (χ3n) is 3.35. The van der Waals surface area contributed by atoms with Gasteiger partial charge in [0.1, 0.15) is 0 Å². The Morgan fingerprint density at radius 1 is 1.43 bits per heavy atom. The fraction of sp³-hybridized carbons (Fsp3) is 0.909. The fourth-order valence-corrected chi connectivity index (χ4v) is 2.22. The first kappa shape index (κ1) is 11.5. The van der Waals surface area contributed by atoms with Crippen molar-refractivity contribution in [1.82, 2.24) is 0 Å². The molecule has 0 heterocycles. The minimum absolute atomic E-state index is 0.0584. The van der Waals surface area contributed by atoms with E-state index in [1.54, 1.807) is 0 Å². The maximum Gasteiger partial charge on any atom is 0.308 e. The van der Waals surface area contributed by atoms with E-state index in [-0.39, 0.29) is 24.5 Å². The number of hydrogen-bond donors (Lipinski definition) is 0. The Hall–Kier alpha value is -0.600. The zero-order valence-electron chi connectivity index (χ0n) is 8.96. The summed E-state index contributed by atoms with van der Waals surface area (Å²) in [5, 5.41) is 0. The molecule has 0 spiro atoms. The van der Waals surface area contributed by atoms with E-state index in [0.717, 1.165) is 25.7 Å². The molecule has 1 rings (SSSR count). The summed E-state index contributed by atoms with van der Waals surface area (Å²) >= 11 is 0. The normalized spacial score (nSPS) is 29.6. The highest BCUT2D eigenvalue weighted by Crippen LogP contribution is 2.33. The molecule has 0 N–H and O–H groups in total. The number of halogens is 1. The molecule has 0 saturated heterocycles. The maximum atomic E-state index is 12.4. The standard InChI is InChI=1S/C11H19FO2/c1-8(7-12)9-3-5-10(6-4-9)11(13)14-2/h8-10H,3-7H2,1-2H3. The second-order valence-electron chi connectivity index (χ2n) is 4.27. The molecular formula is C11H19FO2. The Kier molecular flexibility index (Phi) is 4.36. The summed E-state index contributed by atoms with van der Waals surface area (Å²) in [6.07, 6.45) is 3.65. The van der Waals surface area contributed by atoms with Crippen molar-refractivity contribution in [2.45, 2.75) is 32.6 Å². The zero-order chi connectivity index (χ0) is 10.6.